The Kier molecular flexibility index (Phi) is 7.33. The number of benzene rings is 2. The number of aromatic nitrogens is 1. The van der Waals surface area contributed by atoms with E-state index in [-0.39, 0.29) is 26.8 Å². The molecule has 1 fully saturated rings. The van der Waals surface area contributed by atoms with Gasteiger partial charge in [0.2, 0.25) is 5.91 Å². The van der Waals surface area contributed by atoms with Crippen LogP contribution in [0.25, 0.3) is 6.08 Å². The number of halogens is 1. The van der Waals surface area contributed by atoms with Crippen molar-refractivity contribution in [3.8, 4) is 0 Å². The highest BCUT2D eigenvalue weighted by molar-refractivity contribution is 8.26. The van der Waals surface area contributed by atoms with Crippen LogP contribution in [0.15, 0.2) is 69.9 Å². The van der Waals surface area contributed by atoms with Gasteiger partial charge < -0.3 is 5.32 Å². The summed E-state index contributed by atoms with van der Waals surface area (Å²) < 4.78 is 27.5. The molecular formula is C21H15ClN4O4S4. The number of anilines is 2. The molecule has 2 heterocycles. The summed E-state index contributed by atoms with van der Waals surface area (Å²) in [5.74, 6) is -0.838. The molecule has 1 aromatic heterocycles. The fraction of sp³-hybridized carbons (Fsp3) is 0.0476. The summed E-state index contributed by atoms with van der Waals surface area (Å²) in [6.07, 6.45) is 3.18. The fourth-order valence-electron chi connectivity index (χ4n) is 2.86. The fourth-order valence-corrected chi connectivity index (χ4v) is 6.03. The number of carbonyl (C=O) groups excluding carboxylic acids is 2. The first-order chi connectivity index (χ1) is 16.2. The van der Waals surface area contributed by atoms with Crippen LogP contribution in [0.5, 0.6) is 0 Å². The Labute approximate surface area is 214 Å². The zero-order valence-electron chi connectivity index (χ0n) is 17.1. The Bertz CT molecular complexity index is 1370. The zero-order chi connectivity index (χ0) is 24.3. The van der Waals surface area contributed by atoms with E-state index in [1.165, 1.54) is 35.4 Å². The van der Waals surface area contributed by atoms with Crippen molar-refractivity contribution in [3.63, 3.8) is 0 Å². The molecule has 0 saturated carbocycles. The predicted molar refractivity (Wildman–Crippen MR) is 139 cm³/mol. The number of carbonyl (C=O) groups is 2. The van der Waals surface area contributed by atoms with Crippen molar-refractivity contribution in [1.82, 2.24) is 9.88 Å². The highest BCUT2D eigenvalue weighted by Gasteiger charge is 2.33. The van der Waals surface area contributed by atoms with Crippen LogP contribution in [0, 0.1) is 0 Å². The van der Waals surface area contributed by atoms with Gasteiger partial charge in [-0.2, -0.15) is 0 Å². The lowest BCUT2D eigenvalue weighted by atomic mass is 10.2. The first kappa shape index (κ1) is 24.4. The number of thioether (sulfide) groups is 1. The van der Waals surface area contributed by atoms with Gasteiger partial charge in [0.05, 0.1) is 9.80 Å². The molecular weight excluding hydrogens is 536 g/mol. The number of nitrogens with one attached hydrogen (secondary N) is 2. The molecule has 0 radical (unpaired) electrons. The number of rotatable bonds is 7. The van der Waals surface area contributed by atoms with Gasteiger partial charge in [-0.15, -0.1) is 11.3 Å². The van der Waals surface area contributed by atoms with Crippen LogP contribution in [0.2, 0.25) is 5.02 Å². The summed E-state index contributed by atoms with van der Waals surface area (Å²) in [7, 11) is -3.80. The van der Waals surface area contributed by atoms with Crippen LogP contribution in [-0.2, 0) is 19.6 Å². The number of thiocarbonyl (C=S) groups is 1. The second-order valence-corrected chi connectivity index (χ2v) is 11.5. The van der Waals surface area contributed by atoms with E-state index in [4.69, 9.17) is 23.8 Å². The summed E-state index contributed by atoms with van der Waals surface area (Å²) >= 11 is 13.4. The second-order valence-electron chi connectivity index (χ2n) is 6.83. The number of nitrogens with zero attached hydrogens (tertiary/aromatic N) is 2. The van der Waals surface area contributed by atoms with Crippen molar-refractivity contribution in [2.24, 2.45) is 0 Å². The second kappa shape index (κ2) is 10.2. The van der Waals surface area contributed by atoms with Gasteiger partial charge in [0, 0.05) is 22.3 Å². The molecule has 0 aliphatic carbocycles. The Balaban J connectivity index is 1.38. The van der Waals surface area contributed by atoms with Gasteiger partial charge in [-0.1, -0.05) is 47.7 Å². The molecule has 2 N–H and O–H groups in total. The summed E-state index contributed by atoms with van der Waals surface area (Å²) in [6.45, 7) is -0.270. The molecule has 2 amide bonds. The third kappa shape index (κ3) is 5.83. The van der Waals surface area contributed by atoms with Crippen LogP contribution in [0.3, 0.4) is 0 Å². The Morgan fingerprint density at radius 1 is 1.15 bits per heavy atom. The highest BCUT2D eigenvalue weighted by atomic mass is 35.5. The van der Waals surface area contributed by atoms with Gasteiger partial charge in [0.15, 0.2) is 5.13 Å². The van der Waals surface area contributed by atoms with Gasteiger partial charge in [0.1, 0.15) is 10.9 Å². The lowest BCUT2D eigenvalue weighted by molar-refractivity contribution is -0.126. The number of sulfonamides is 1. The Morgan fingerprint density at radius 2 is 1.85 bits per heavy atom. The summed E-state index contributed by atoms with van der Waals surface area (Å²) in [6, 6.07) is 12.6. The van der Waals surface area contributed by atoms with Crippen molar-refractivity contribution in [1.29, 1.82) is 0 Å². The Morgan fingerprint density at radius 3 is 2.50 bits per heavy atom. The molecule has 1 aliphatic rings. The van der Waals surface area contributed by atoms with Gasteiger partial charge in [-0.25, -0.2) is 13.4 Å². The van der Waals surface area contributed by atoms with Crippen LogP contribution in [-0.4, -0.2) is 41.0 Å². The average molecular weight is 551 g/mol. The Hall–Kier alpha value is -2.77. The molecule has 8 nitrogen and oxygen atoms in total. The molecule has 0 atom stereocenters. The monoisotopic (exact) mass is 550 g/mol. The molecule has 0 bridgehead atoms. The first-order valence-corrected chi connectivity index (χ1v) is 13.5. The SMILES string of the molecule is O=C(CN1C(=O)C(=Cc2ccc(Cl)cc2)SC1=S)Nc1ccc(S(=O)(=O)Nc2nccs2)cc1. The van der Waals surface area contributed by atoms with Crippen molar-refractivity contribution >= 4 is 90.0 Å². The largest absolute Gasteiger partial charge is 0.325 e. The number of hydrogen-bond donors (Lipinski definition) is 2. The number of amides is 2. The van der Waals surface area contributed by atoms with E-state index >= 15 is 0 Å². The van der Waals surface area contributed by atoms with Crippen LogP contribution < -0.4 is 10.0 Å². The van der Waals surface area contributed by atoms with E-state index in [9.17, 15) is 18.0 Å². The minimum Gasteiger partial charge on any atom is -0.325 e. The molecule has 174 valence electrons. The van der Waals surface area contributed by atoms with E-state index in [0.29, 0.717) is 15.6 Å². The molecule has 2 aromatic carbocycles. The number of hydrogen-bond acceptors (Lipinski definition) is 8. The number of thiazole rings is 1. The maximum Gasteiger partial charge on any atom is 0.266 e. The lowest BCUT2D eigenvalue weighted by Crippen LogP contribution is -2.36. The molecule has 1 aliphatic heterocycles. The topological polar surface area (TPSA) is 108 Å². The standard InChI is InChI=1S/C21H15ClN4O4S4/c22-14-3-1-13(2-4-14)11-17-19(28)26(21(31)33-17)12-18(27)24-15-5-7-16(8-6-15)34(29,30)25-20-23-9-10-32-20/h1-11H,12H2,(H,23,25)(H,24,27). The van der Waals surface area contributed by atoms with Crippen molar-refractivity contribution in [3.05, 3.63) is 75.6 Å². The lowest BCUT2D eigenvalue weighted by Gasteiger charge is -2.14. The van der Waals surface area contributed by atoms with Crippen LogP contribution in [0.1, 0.15) is 5.56 Å². The highest BCUT2D eigenvalue weighted by Crippen LogP contribution is 2.32. The third-order valence-electron chi connectivity index (χ3n) is 4.45. The summed E-state index contributed by atoms with van der Waals surface area (Å²) in [5.41, 5.74) is 1.16. The molecule has 3 aromatic rings. The van der Waals surface area contributed by atoms with E-state index in [2.05, 4.69) is 15.0 Å². The summed E-state index contributed by atoms with van der Waals surface area (Å²) in [4.78, 5) is 30.8. The quantitative estimate of drug-likeness (QED) is 0.331. The normalized spacial score (nSPS) is 15.1. The van der Waals surface area contributed by atoms with E-state index < -0.39 is 15.9 Å². The third-order valence-corrected chi connectivity index (χ3v) is 8.25. The molecule has 13 heteroatoms. The van der Waals surface area contributed by atoms with Gasteiger partial charge in [-0.3, -0.25) is 19.2 Å². The van der Waals surface area contributed by atoms with E-state index in [1.807, 2.05) is 0 Å². The van der Waals surface area contributed by atoms with Crippen LogP contribution >= 0.6 is 46.9 Å². The van der Waals surface area contributed by atoms with E-state index in [0.717, 1.165) is 28.7 Å². The zero-order valence-corrected chi connectivity index (χ0v) is 21.1. The van der Waals surface area contributed by atoms with Crippen LogP contribution in [0.4, 0.5) is 10.8 Å². The minimum atomic E-state index is -3.80. The predicted octanol–water partition coefficient (Wildman–Crippen LogP) is 4.44. The summed E-state index contributed by atoms with van der Waals surface area (Å²) in [5, 5.41) is 5.14. The molecule has 1 saturated heterocycles. The first-order valence-electron chi connectivity index (χ1n) is 9.54. The average Bonchev–Trinajstić information content (AvgIpc) is 3.39. The molecule has 0 unspecified atom stereocenters. The van der Waals surface area contributed by atoms with Crippen molar-refractivity contribution in [2.45, 2.75) is 4.90 Å². The smallest absolute Gasteiger partial charge is 0.266 e. The maximum absolute atomic E-state index is 12.7. The molecule has 34 heavy (non-hydrogen) atoms. The van der Waals surface area contributed by atoms with Crippen molar-refractivity contribution < 1.29 is 18.0 Å². The van der Waals surface area contributed by atoms with Crippen molar-refractivity contribution in [2.75, 3.05) is 16.6 Å². The van der Waals surface area contributed by atoms with Gasteiger partial charge >= 0.3 is 0 Å². The van der Waals surface area contributed by atoms with E-state index in [1.54, 1.807) is 35.7 Å². The maximum atomic E-state index is 12.7. The molecule has 4 rings (SSSR count). The molecule has 0 spiro atoms. The van der Waals surface area contributed by atoms with Gasteiger partial charge in [0.25, 0.3) is 15.9 Å². The van der Waals surface area contributed by atoms with Gasteiger partial charge in [-0.05, 0) is 48.0 Å². The minimum absolute atomic E-state index is 0.0185.